The summed E-state index contributed by atoms with van der Waals surface area (Å²) in [7, 11) is -3.33. The maximum atomic E-state index is 12.3. The van der Waals surface area contributed by atoms with E-state index in [1.54, 1.807) is 11.3 Å². The molecule has 1 saturated heterocycles. The Balaban J connectivity index is 1.97. The first-order valence-electron chi connectivity index (χ1n) is 7.24. The zero-order valence-corrected chi connectivity index (χ0v) is 14.1. The lowest BCUT2D eigenvalue weighted by atomic mass is 10.0. The topological polar surface area (TPSA) is 66.5 Å². The first-order valence-corrected chi connectivity index (χ1v) is 9.90. The Bertz CT molecular complexity index is 595. The molecule has 1 aliphatic rings. The number of thiophene rings is 1. The van der Waals surface area contributed by atoms with Gasteiger partial charge in [-0.1, -0.05) is 13.3 Å². The molecular formula is C14H22N2O3S2. The van der Waals surface area contributed by atoms with Crippen LogP contribution in [-0.4, -0.2) is 37.5 Å². The normalized spacial score (nSPS) is 20.4. The third-order valence-corrected chi connectivity index (χ3v) is 6.20. The molecule has 1 aliphatic heterocycles. The Kier molecular flexibility index (Phi) is 5.40. The first kappa shape index (κ1) is 16.5. The van der Waals surface area contributed by atoms with E-state index in [2.05, 4.69) is 18.3 Å². The summed E-state index contributed by atoms with van der Waals surface area (Å²) in [6, 6.07) is 3.52. The van der Waals surface area contributed by atoms with E-state index in [9.17, 15) is 13.2 Å². The number of hydrogen-bond donors (Lipinski definition) is 1. The van der Waals surface area contributed by atoms with Gasteiger partial charge in [0.25, 0.3) is 0 Å². The Morgan fingerprint density at radius 3 is 2.71 bits per heavy atom. The summed E-state index contributed by atoms with van der Waals surface area (Å²) in [5.41, 5.74) is 0. The molecule has 0 bridgehead atoms. The summed E-state index contributed by atoms with van der Waals surface area (Å²) in [6.07, 6.45) is 4.47. The molecule has 1 fully saturated rings. The molecule has 0 spiro atoms. The molecule has 0 unspecified atom stereocenters. The van der Waals surface area contributed by atoms with Crippen molar-refractivity contribution in [3.63, 3.8) is 0 Å². The molecule has 1 N–H and O–H groups in total. The second-order valence-electron chi connectivity index (χ2n) is 5.32. The zero-order chi connectivity index (χ0) is 15.5. The highest BCUT2D eigenvalue weighted by atomic mass is 32.2. The summed E-state index contributed by atoms with van der Waals surface area (Å²) >= 11 is 1.68. The third-order valence-electron chi connectivity index (χ3n) is 3.68. The zero-order valence-electron chi connectivity index (χ0n) is 12.5. The molecule has 1 atom stereocenters. The van der Waals surface area contributed by atoms with Gasteiger partial charge in [0.2, 0.25) is 15.9 Å². The fraction of sp³-hybridized carbons (Fsp3) is 0.643. The van der Waals surface area contributed by atoms with E-state index in [0.717, 1.165) is 24.1 Å². The van der Waals surface area contributed by atoms with Crippen LogP contribution in [0.3, 0.4) is 0 Å². The maximum Gasteiger partial charge on any atom is 0.238 e. The van der Waals surface area contributed by atoms with Gasteiger partial charge in [0.05, 0.1) is 12.8 Å². The number of nitrogens with one attached hydrogen (secondary N) is 1. The Hall–Kier alpha value is -0.920. The van der Waals surface area contributed by atoms with Gasteiger partial charge in [-0.15, -0.1) is 11.3 Å². The van der Waals surface area contributed by atoms with Crippen molar-refractivity contribution in [3.05, 3.63) is 21.9 Å². The lowest BCUT2D eigenvalue weighted by Crippen LogP contribution is -2.51. The van der Waals surface area contributed by atoms with Gasteiger partial charge in [0, 0.05) is 16.3 Å². The highest BCUT2D eigenvalue weighted by molar-refractivity contribution is 7.88. The Morgan fingerprint density at radius 1 is 1.38 bits per heavy atom. The minimum Gasteiger partial charge on any atom is -0.350 e. The standard InChI is InChI=1S/C14H22N2O3S2/c1-3-11-7-8-12(20-11)10-15-14(17)13-6-4-5-9-16(13)21(2,18)19/h7-8,13H,3-6,9-10H2,1-2H3,(H,15,17)/t13-/m1/s1. The highest BCUT2D eigenvalue weighted by Crippen LogP contribution is 2.21. The molecule has 21 heavy (non-hydrogen) atoms. The van der Waals surface area contributed by atoms with Crippen LogP contribution in [0.4, 0.5) is 0 Å². The molecule has 0 radical (unpaired) electrons. The molecule has 118 valence electrons. The van der Waals surface area contributed by atoms with Crippen molar-refractivity contribution < 1.29 is 13.2 Å². The Morgan fingerprint density at radius 2 is 2.10 bits per heavy atom. The summed E-state index contributed by atoms with van der Waals surface area (Å²) < 4.78 is 24.9. The monoisotopic (exact) mass is 330 g/mol. The summed E-state index contributed by atoms with van der Waals surface area (Å²) in [6.45, 7) is 3.01. The van der Waals surface area contributed by atoms with Gasteiger partial charge in [-0.25, -0.2) is 8.42 Å². The minimum absolute atomic E-state index is 0.188. The van der Waals surface area contributed by atoms with Crippen LogP contribution in [0.1, 0.15) is 35.9 Å². The average Bonchev–Trinajstić information content (AvgIpc) is 2.92. The van der Waals surface area contributed by atoms with Crippen molar-refractivity contribution in [3.8, 4) is 0 Å². The van der Waals surface area contributed by atoms with Crippen molar-refractivity contribution in [1.82, 2.24) is 9.62 Å². The first-order chi connectivity index (χ1) is 9.91. The van der Waals surface area contributed by atoms with Crippen molar-refractivity contribution in [2.75, 3.05) is 12.8 Å². The lowest BCUT2D eigenvalue weighted by Gasteiger charge is -2.32. The van der Waals surface area contributed by atoms with Gasteiger partial charge in [-0.2, -0.15) is 4.31 Å². The number of carbonyl (C=O) groups is 1. The Labute approximate surface area is 130 Å². The molecule has 1 aromatic rings. The molecule has 7 heteroatoms. The number of aryl methyl sites for hydroxylation is 1. The predicted octanol–water partition coefficient (Wildman–Crippen LogP) is 1.74. The van der Waals surface area contributed by atoms with E-state index in [-0.39, 0.29) is 5.91 Å². The van der Waals surface area contributed by atoms with Crippen LogP contribution in [0.2, 0.25) is 0 Å². The van der Waals surface area contributed by atoms with Crippen LogP contribution in [0.15, 0.2) is 12.1 Å². The van der Waals surface area contributed by atoms with Crippen molar-refractivity contribution >= 4 is 27.3 Å². The van der Waals surface area contributed by atoms with Crippen LogP contribution >= 0.6 is 11.3 Å². The number of piperidine rings is 1. The summed E-state index contributed by atoms with van der Waals surface area (Å²) in [4.78, 5) is 14.7. The van der Waals surface area contributed by atoms with E-state index in [1.165, 1.54) is 15.4 Å². The number of nitrogens with zero attached hydrogens (tertiary/aromatic N) is 1. The van der Waals surface area contributed by atoms with Crippen molar-refractivity contribution in [1.29, 1.82) is 0 Å². The van der Waals surface area contributed by atoms with Gasteiger partial charge in [0.1, 0.15) is 6.04 Å². The maximum absolute atomic E-state index is 12.3. The number of amides is 1. The smallest absolute Gasteiger partial charge is 0.238 e. The van der Waals surface area contributed by atoms with Crippen molar-refractivity contribution in [2.24, 2.45) is 0 Å². The molecule has 2 rings (SSSR count). The summed E-state index contributed by atoms with van der Waals surface area (Å²) in [5.74, 6) is -0.188. The van der Waals surface area contributed by atoms with Crippen LogP contribution in [0.25, 0.3) is 0 Å². The van der Waals surface area contributed by atoms with Crippen LogP contribution < -0.4 is 5.32 Å². The van der Waals surface area contributed by atoms with E-state index >= 15 is 0 Å². The number of sulfonamides is 1. The van der Waals surface area contributed by atoms with E-state index in [1.807, 2.05) is 6.07 Å². The molecule has 2 heterocycles. The van der Waals surface area contributed by atoms with Crippen molar-refractivity contribution in [2.45, 2.75) is 45.2 Å². The van der Waals surface area contributed by atoms with Gasteiger partial charge in [0.15, 0.2) is 0 Å². The molecular weight excluding hydrogens is 308 g/mol. The molecule has 0 aromatic carbocycles. The third kappa shape index (κ3) is 4.28. The van der Waals surface area contributed by atoms with E-state index in [0.29, 0.717) is 19.5 Å². The van der Waals surface area contributed by atoms with E-state index in [4.69, 9.17) is 0 Å². The molecule has 0 aliphatic carbocycles. The van der Waals surface area contributed by atoms with E-state index < -0.39 is 16.1 Å². The molecule has 5 nitrogen and oxygen atoms in total. The summed E-state index contributed by atoms with van der Waals surface area (Å²) in [5, 5.41) is 2.87. The number of rotatable bonds is 5. The van der Waals surface area contributed by atoms with Gasteiger partial charge >= 0.3 is 0 Å². The number of carbonyl (C=O) groups excluding carboxylic acids is 1. The van der Waals surface area contributed by atoms with Gasteiger partial charge < -0.3 is 5.32 Å². The SMILES string of the molecule is CCc1ccc(CNC(=O)[C@H]2CCCCN2S(C)(=O)=O)s1. The lowest BCUT2D eigenvalue weighted by molar-refractivity contribution is -0.125. The fourth-order valence-electron chi connectivity index (χ4n) is 2.56. The molecule has 1 amide bonds. The van der Waals surface area contributed by atoms with Crippen LogP contribution in [0.5, 0.6) is 0 Å². The van der Waals surface area contributed by atoms with Gasteiger partial charge in [-0.3, -0.25) is 4.79 Å². The predicted molar refractivity (Wildman–Crippen MR) is 84.7 cm³/mol. The average molecular weight is 330 g/mol. The van der Waals surface area contributed by atoms with Gasteiger partial charge in [-0.05, 0) is 31.4 Å². The minimum atomic E-state index is -3.33. The molecule has 1 aromatic heterocycles. The largest absolute Gasteiger partial charge is 0.350 e. The van der Waals surface area contributed by atoms with Crippen LogP contribution in [0, 0.1) is 0 Å². The van der Waals surface area contributed by atoms with Crippen LogP contribution in [-0.2, 0) is 27.8 Å². The quantitative estimate of drug-likeness (QED) is 0.894. The molecule has 0 saturated carbocycles. The second-order valence-corrected chi connectivity index (χ2v) is 8.51. The highest BCUT2D eigenvalue weighted by Gasteiger charge is 2.34. The fourth-order valence-corrected chi connectivity index (χ4v) is 4.59. The number of hydrogen-bond acceptors (Lipinski definition) is 4. The second kappa shape index (κ2) is 6.89.